The summed E-state index contributed by atoms with van der Waals surface area (Å²) in [6, 6.07) is 14.9. The van der Waals surface area contributed by atoms with Crippen LogP contribution in [0.3, 0.4) is 0 Å². The largest absolute Gasteiger partial charge is 0.370 e. The van der Waals surface area contributed by atoms with Crippen LogP contribution in [-0.2, 0) is 25.9 Å². The van der Waals surface area contributed by atoms with Gasteiger partial charge in [0.2, 0.25) is 0 Å². The second kappa shape index (κ2) is 9.92. The van der Waals surface area contributed by atoms with E-state index in [2.05, 4.69) is 71.8 Å². The first-order valence-corrected chi connectivity index (χ1v) is 9.02. The zero-order valence-electron chi connectivity index (χ0n) is 15.7. The van der Waals surface area contributed by atoms with Crippen LogP contribution >= 0.6 is 24.0 Å². The van der Waals surface area contributed by atoms with Crippen molar-refractivity contribution in [1.29, 1.82) is 0 Å². The van der Waals surface area contributed by atoms with E-state index in [9.17, 15) is 0 Å². The average Bonchev–Trinajstić information content (AvgIpc) is 2.60. The topological polar surface area (TPSA) is 53.6 Å². The molecule has 0 saturated heterocycles. The Balaban J connectivity index is 0.00000243. The average molecular weight is 464 g/mol. The number of benzene rings is 2. The quantitative estimate of drug-likeness (QED) is 0.397. The van der Waals surface area contributed by atoms with E-state index in [-0.39, 0.29) is 24.0 Å². The third kappa shape index (κ3) is 5.71. The Kier molecular flexibility index (Phi) is 7.90. The number of nitrogens with zero attached hydrogens (tertiary/aromatic N) is 2. The third-order valence-corrected chi connectivity index (χ3v) is 4.58. The second-order valence-electron chi connectivity index (χ2n) is 7.03. The van der Waals surface area contributed by atoms with Crippen molar-refractivity contribution in [2.24, 2.45) is 10.7 Å². The lowest BCUT2D eigenvalue weighted by Crippen LogP contribution is -2.24. The van der Waals surface area contributed by atoms with Gasteiger partial charge in [-0.3, -0.25) is 0 Å². The fourth-order valence-corrected chi connectivity index (χ4v) is 3.44. The Morgan fingerprint density at radius 2 is 1.81 bits per heavy atom. The molecular formula is C21H29IN4. The zero-order valence-corrected chi connectivity index (χ0v) is 18.0. The highest BCUT2D eigenvalue weighted by atomic mass is 127. The van der Waals surface area contributed by atoms with Gasteiger partial charge in [-0.05, 0) is 68.1 Å². The van der Waals surface area contributed by atoms with Crippen molar-refractivity contribution in [3.63, 3.8) is 0 Å². The minimum atomic E-state index is 0. The van der Waals surface area contributed by atoms with Gasteiger partial charge in [0.05, 0.1) is 6.54 Å². The zero-order chi connectivity index (χ0) is 17.6. The fourth-order valence-electron chi connectivity index (χ4n) is 3.44. The summed E-state index contributed by atoms with van der Waals surface area (Å²) in [5.41, 5.74) is 12.6. The van der Waals surface area contributed by atoms with E-state index in [0.717, 1.165) is 18.7 Å². The first-order chi connectivity index (χ1) is 12.1. The molecule has 0 bridgehead atoms. The molecule has 140 valence electrons. The number of nitrogens with one attached hydrogen (secondary N) is 1. The van der Waals surface area contributed by atoms with Crippen LogP contribution in [0.25, 0.3) is 0 Å². The molecule has 3 N–H and O–H groups in total. The summed E-state index contributed by atoms with van der Waals surface area (Å²) in [6.45, 7) is 1.52. The Bertz CT molecular complexity index is 755. The van der Waals surface area contributed by atoms with Crippen molar-refractivity contribution in [3.8, 4) is 0 Å². The monoisotopic (exact) mass is 464 g/mol. The van der Waals surface area contributed by atoms with Crippen LogP contribution in [0.15, 0.2) is 47.5 Å². The fraction of sp³-hybridized carbons (Fsp3) is 0.381. The smallest absolute Gasteiger partial charge is 0.193 e. The van der Waals surface area contributed by atoms with Gasteiger partial charge < -0.3 is 16.0 Å². The highest BCUT2D eigenvalue weighted by Crippen LogP contribution is 2.27. The summed E-state index contributed by atoms with van der Waals surface area (Å²) < 4.78 is 0. The number of halogens is 1. The third-order valence-electron chi connectivity index (χ3n) is 4.58. The van der Waals surface area contributed by atoms with E-state index in [1.54, 1.807) is 0 Å². The van der Waals surface area contributed by atoms with Gasteiger partial charge in [0, 0.05) is 12.2 Å². The molecule has 0 atom stereocenters. The summed E-state index contributed by atoms with van der Waals surface area (Å²) in [6.07, 6.45) is 4.82. The summed E-state index contributed by atoms with van der Waals surface area (Å²) in [4.78, 5) is 6.69. The molecule has 0 radical (unpaired) electrons. The molecule has 0 aliphatic heterocycles. The molecule has 1 aliphatic rings. The minimum Gasteiger partial charge on any atom is -0.370 e. The summed E-state index contributed by atoms with van der Waals surface area (Å²) in [7, 11) is 4.15. The number of hydrogen-bond donors (Lipinski definition) is 2. The van der Waals surface area contributed by atoms with Gasteiger partial charge >= 0.3 is 0 Å². The molecule has 0 unspecified atom stereocenters. The first kappa shape index (κ1) is 20.7. The van der Waals surface area contributed by atoms with Crippen LogP contribution in [0.1, 0.15) is 35.1 Å². The van der Waals surface area contributed by atoms with Crippen molar-refractivity contribution < 1.29 is 0 Å². The van der Waals surface area contributed by atoms with Gasteiger partial charge in [-0.25, -0.2) is 4.99 Å². The number of aryl methyl sites for hydroxylation is 1. The number of hydrogen-bond acceptors (Lipinski definition) is 2. The van der Waals surface area contributed by atoms with Crippen molar-refractivity contribution in [2.75, 3.05) is 19.4 Å². The summed E-state index contributed by atoms with van der Waals surface area (Å²) in [5, 5.41) is 3.31. The lowest BCUT2D eigenvalue weighted by molar-refractivity contribution is 0.402. The summed E-state index contributed by atoms with van der Waals surface area (Å²) in [5.74, 6) is 0.483. The molecule has 0 heterocycles. The lowest BCUT2D eigenvalue weighted by atomic mass is 9.90. The molecule has 0 saturated carbocycles. The minimum absolute atomic E-state index is 0. The van der Waals surface area contributed by atoms with Gasteiger partial charge in [0.15, 0.2) is 5.96 Å². The number of guanidine groups is 1. The molecular weight excluding hydrogens is 435 g/mol. The van der Waals surface area contributed by atoms with Gasteiger partial charge in [-0.2, -0.15) is 0 Å². The van der Waals surface area contributed by atoms with E-state index >= 15 is 0 Å². The molecule has 0 amide bonds. The number of aliphatic imine (C=N–C) groups is 1. The van der Waals surface area contributed by atoms with Gasteiger partial charge in [0.1, 0.15) is 0 Å². The molecule has 5 heteroatoms. The van der Waals surface area contributed by atoms with Crippen LogP contribution in [0.2, 0.25) is 0 Å². The van der Waals surface area contributed by atoms with Crippen LogP contribution in [0, 0.1) is 0 Å². The van der Waals surface area contributed by atoms with Crippen LogP contribution in [-0.4, -0.2) is 25.0 Å². The number of fused-ring (bicyclic) bond motifs is 1. The van der Waals surface area contributed by atoms with Crippen LogP contribution in [0.5, 0.6) is 0 Å². The van der Waals surface area contributed by atoms with E-state index in [4.69, 9.17) is 5.73 Å². The maximum Gasteiger partial charge on any atom is 0.193 e. The number of rotatable bonds is 5. The molecule has 0 fully saturated rings. The van der Waals surface area contributed by atoms with E-state index in [1.165, 1.54) is 41.5 Å². The first-order valence-electron chi connectivity index (χ1n) is 9.02. The van der Waals surface area contributed by atoms with Gasteiger partial charge in [-0.1, -0.05) is 36.4 Å². The Morgan fingerprint density at radius 1 is 1.08 bits per heavy atom. The highest BCUT2D eigenvalue weighted by molar-refractivity contribution is 14.0. The highest BCUT2D eigenvalue weighted by Gasteiger charge is 2.13. The standard InChI is InChI=1S/C21H28N4.HI/c1-25(2)15-17-8-5-7-16(13-17)14-23-21(22)24-20-12-6-10-18-9-3-4-11-19(18)20;/h5-8,10,12-13H,3-4,9,11,14-15H2,1-2H3,(H3,22,23,24);1H. The molecule has 2 aromatic carbocycles. The van der Waals surface area contributed by atoms with Crippen molar-refractivity contribution >= 4 is 35.6 Å². The van der Waals surface area contributed by atoms with Crippen molar-refractivity contribution in [2.45, 2.75) is 38.8 Å². The lowest BCUT2D eigenvalue weighted by Gasteiger charge is -2.19. The number of anilines is 1. The van der Waals surface area contributed by atoms with E-state index < -0.39 is 0 Å². The Hall–Kier alpha value is -1.60. The molecule has 0 spiro atoms. The van der Waals surface area contributed by atoms with E-state index in [0.29, 0.717) is 12.5 Å². The number of nitrogens with two attached hydrogens (primary N) is 1. The molecule has 0 aromatic heterocycles. The van der Waals surface area contributed by atoms with Gasteiger partial charge in [-0.15, -0.1) is 24.0 Å². The predicted octanol–water partition coefficient (Wildman–Crippen LogP) is 4.17. The molecule has 3 rings (SSSR count). The predicted molar refractivity (Wildman–Crippen MR) is 121 cm³/mol. The van der Waals surface area contributed by atoms with Crippen LogP contribution < -0.4 is 11.1 Å². The maximum atomic E-state index is 6.14. The Morgan fingerprint density at radius 3 is 2.62 bits per heavy atom. The molecule has 1 aliphatic carbocycles. The van der Waals surface area contributed by atoms with Gasteiger partial charge in [0.25, 0.3) is 0 Å². The van der Waals surface area contributed by atoms with Crippen molar-refractivity contribution in [3.05, 3.63) is 64.7 Å². The Labute approximate surface area is 173 Å². The molecule has 4 nitrogen and oxygen atoms in total. The molecule has 26 heavy (non-hydrogen) atoms. The normalized spacial score (nSPS) is 13.9. The summed E-state index contributed by atoms with van der Waals surface area (Å²) >= 11 is 0. The SMILES string of the molecule is CN(C)Cc1cccc(CN=C(N)Nc2cccc3c2CCCC3)c1.I. The van der Waals surface area contributed by atoms with Crippen molar-refractivity contribution in [1.82, 2.24) is 4.90 Å². The maximum absolute atomic E-state index is 6.14. The second-order valence-corrected chi connectivity index (χ2v) is 7.03. The molecule has 2 aromatic rings. The van der Waals surface area contributed by atoms with E-state index in [1.807, 2.05) is 0 Å². The van der Waals surface area contributed by atoms with Crippen LogP contribution in [0.4, 0.5) is 5.69 Å².